The van der Waals surface area contributed by atoms with E-state index in [1.165, 1.54) is 24.8 Å². The van der Waals surface area contributed by atoms with Crippen molar-refractivity contribution in [1.82, 2.24) is 5.32 Å². The van der Waals surface area contributed by atoms with Crippen LogP contribution in [-0.2, 0) is 0 Å². The minimum atomic E-state index is -0.528. The second-order valence-electron chi connectivity index (χ2n) is 6.03. The molecule has 3 unspecified atom stereocenters. The maximum absolute atomic E-state index is 10.8. The Morgan fingerprint density at radius 2 is 2.05 bits per heavy atom. The SMILES string of the molecule is CC1CCC(CNC(C)c2ccc(NC(N)=O)cc2)C1. The number of benzene rings is 1. The number of carbonyl (C=O) groups excluding carboxylic acids is 1. The molecular formula is C16H25N3O. The predicted octanol–water partition coefficient (Wildman–Crippen LogP) is 3.26. The van der Waals surface area contributed by atoms with Crippen LogP contribution in [0.2, 0.25) is 0 Å². The first-order chi connectivity index (χ1) is 9.54. The third-order valence-corrected chi connectivity index (χ3v) is 4.19. The summed E-state index contributed by atoms with van der Waals surface area (Å²) in [6.07, 6.45) is 4.07. The van der Waals surface area contributed by atoms with E-state index in [-0.39, 0.29) is 0 Å². The molecule has 0 saturated heterocycles. The zero-order valence-electron chi connectivity index (χ0n) is 12.4. The molecule has 1 aliphatic carbocycles. The number of rotatable bonds is 5. The van der Waals surface area contributed by atoms with Crippen molar-refractivity contribution in [3.05, 3.63) is 29.8 Å². The molecule has 0 aromatic heterocycles. The van der Waals surface area contributed by atoms with E-state index in [1.54, 1.807) is 0 Å². The van der Waals surface area contributed by atoms with Crippen molar-refractivity contribution >= 4 is 11.7 Å². The van der Waals surface area contributed by atoms with Crippen LogP contribution in [0, 0.1) is 11.8 Å². The molecule has 0 aliphatic heterocycles. The summed E-state index contributed by atoms with van der Waals surface area (Å²) >= 11 is 0. The van der Waals surface area contributed by atoms with Gasteiger partial charge in [-0.25, -0.2) is 4.79 Å². The lowest BCUT2D eigenvalue weighted by molar-refractivity contribution is 0.259. The van der Waals surface area contributed by atoms with Gasteiger partial charge in [0.2, 0.25) is 0 Å². The molecule has 0 radical (unpaired) electrons. The van der Waals surface area contributed by atoms with Crippen LogP contribution in [0.5, 0.6) is 0 Å². The van der Waals surface area contributed by atoms with E-state index in [9.17, 15) is 4.79 Å². The van der Waals surface area contributed by atoms with E-state index < -0.39 is 6.03 Å². The van der Waals surface area contributed by atoms with Crippen molar-refractivity contribution in [3.63, 3.8) is 0 Å². The molecule has 1 saturated carbocycles. The van der Waals surface area contributed by atoms with Crippen LogP contribution in [0.4, 0.5) is 10.5 Å². The Hall–Kier alpha value is -1.55. The molecule has 0 bridgehead atoms. The van der Waals surface area contributed by atoms with Crippen molar-refractivity contribution < 1.29 is 4.79 Å². The molecule has 110 valence electrons. The Morgan fingerprint density at radius 3 is 2.60 bits per heavy atom. The van der Waals surface area contributed by atoms with Gasteiger partial charge in [0.25, 0.3) is 0 Å². The van der Waals surface area contributed by atoms with Gasteiger partial charge in [-0.1, -0.05) is 25.5 Å². The predicted molar refractivity (Wildman–Crippen MR) is 82.6 cm³/mol. The molecule has 3 atom stereocenters. The summed E-state index contributed by atoms with van der Waals surface area (Å²) in [6.45, 7) is 5.61. The third kappa shape index (κ3) is 4.23. The second-order valence-corrected chi connectivity index (χ2v) is 6.03. The number of nitrogens with one attached hydrogen (secondary N) is 2. The molecule has 2 rings (SSSR count). The zero-order valence-corrected chi connectivity index (χ0v) is 12.4. The van der Waals surface area contributed by atoms with Gasteiger partial charge in [0, 0.05) is 11.7 Å². The first kappa shape index (κ1) is 14.9. The van der Waals surface area contributed by atoms with Crippen molar-refractivity contribution in [1.29, 1.82) is 0 Å². The molecule has 1 aliphatic rings. The molecular weight excluding hydrogens is 250 g/mol. The highest BCUT2D eigenvalue weighted by Gasteiger charge is 2.21. The highest BCUT2D eigenvalue weighted by Crippen LogP contribution is 2.30. The fourth-order valence-electron chi connectivity index (χ4n) is 2.97. The van der Waals surface area contributed by atoms with Crippen LogP contribution < -0.4 is 16.4 Å². The van der Waals surface area contributed by atoms with Crippen molar-refractivity contribution in [3.8, 4) is 0 Å². The number of primary amides is 1. The number of hydrogen-bond donors (Lipinski definition) is 3. The number of urea groups is 1. The number of anilines is 1. The van der Waals surface area contributed by atoms with Gasteiger partial charge in [-0.3, -0.25) is 0 Å². The van der Waals surface area contributed by atoms with E-state index in [1.807, 2.05) is 24.3 Å². The Balaban J connectivity index is 1.82. The van der Waals surface area contributed by atoms with Crippen molar-refractivity contribution in [2.45, 2.75) is 39.2 Å². The van der Waals surface area contributed by atoms with Crippen LogP contribution in [-0.4, -0.2) is 12.6 Å². The summed E-state index contributed by atoms with van der Waals surface area (Å²) in [5, 5.41) is 6.18. The Labute approximate surface area is 121 Å². The van der Waals surface area contributed by atoms with Gasteiger partial charge >= 0.3 is 6.03 Å². The molecule has 4 nitrogen and oxygen atoms in total. The van der Waals surface area contributed by atoms with Gasteiger partial charge in [-0.05, 0) is 55.8 Å². The van der Waals surface area contributed by atoms with Crippen molar-refractivity contribution in [2.75, 3.05) is 11.9 Å². The molecule has 20 heavy (non-hydrogen) atoms. The standard InChI is InChI=1S/C16H25N3O/c1-11-3-4-13(9-11)10-18-12(2)14-5-7-15(8-6-14)19-16(17)20/h5-8,11-13,18H,3-4,9-10H2,1-2H3,(H3,17,19,20). The summed E-state index contributed by atoms with van der Waals surface area (Å²) in [7, 11) is 0. The molecule has 0 spiro atoms. The van der Waals surface area contributed by atoms with Crippen LogP contribution in [0.3, 0.4) is 0 Å². The van der Waals surface area contributed by atoms with Crippen LogP contribution in [0.15, 0.2) is 24.3 Å². The monoisotopic (exact) mass is 275 g/mol. The van der Waals surface area contributed by atoms with Crippen LogP contribution in [0.25, 0.3) is 0 Å². The molecule has 1 fully saturated rings. The van der Waals surface area contributed by atoms with Crippen LogP contribution >= 0.6 is 0 Å². The number of hydrogen-bond acceptors (Lipinski definition) is 2. The Morgan fingerprint density at radius 1 is 1.35 bits per heavy atom. The number of amides is 2. The number of nitrogens with two attached hydrogens (primary N) is 1. The second kappa shape index (κ2) is 6.75. The average Bonchev–Trinajstić information content (AvgIpc) is 2.82. The van der Waals surface area contributed by atoms with E-state index in [0.717, 1.165) is 24.1 Å². The topological polar surface area (TPSA) is 67.2 Å². The lowest BCUT2D eigenvalue weighted by Crippen LogP contribution is -2.24. The maximum atomic E-state index is 10.8. The van der Waals surface area contributed by atoms with Gasteiger partial charge in [-0.15, -0.1) is 0 Å². The maximum Gasteiger partial charge on any atom is 0.316 e. The molecule has 2 amide bonds. The first-order valence-corrected chi connectivity index (χ1v) is 7.44. The fourth-order valence-corrected chi connectivity index (χ4v) is 2.97. The van der Waals surface area contributed by atoms with Gasteiger partial charge in [0.1, 0.15) is 0 Å². The minimum Gasteiger partial charge on any atom is -0.351 e. The summed E-state index contributed by atoms with van der Waals surface area (Å²) in [4.78, 5) is 10.8. The fraction of sp³-hybridized carbons (Fsp3) is 0.562. The smallest absolute Gasteiger partial charge is 0.316 e. The lowest BCUT2D eigenvalue weighted by Gasteiger charge is -2.18. The normalized spacial score (nSPS) is 23.5. The van der Waals surface area contributed by atoms with Gasteiger partial charge in [-0.2, -0.15) is 0 Å². The summed E-state index contributed by atoms with van der Waals surface area (Å²) < 4.78 is 0. The molecule has 0 heterocycles. The van der Waals surface area contributed by atoms with Crippen LogP contribution in [0.1, 0.15) is 44.7 Å². The molecule has 4 heteroatoms. The minimum absolute atomic E-state index is 0.327. The van der Waals surface area contributed by atoms with E-state index in [2.05, 4.69) is 24.5 Å². The highest BCUT2D eigenvalue weighted by molar-refractivity contribution is 5.87. The molecule has 1 aromatic carbocycles. The van der Waals surface area contributed by atoms with Gasteiger partial charge in [0.15, 0.2) is 0 Å². The highest BCUT2D eigenvalue weighted by atomic mass is 16.2. The Bertz CT molecular complexity index is 444. The quantitative estimate of drug-likeness (QED) is 0.772. The van der Waals surface area contributed by atoms with Crippen molar-refractivity contribution in [2.24, 2.45) is 17.6 Å². The number of carbonyl (C=O) groups is 1. The van der Waals surface area contributed by atoms with Gasteiger partial charge in [0.05, 0.1) is 0 Å². The zero-order chi connectivity index (χ0) is 14.5. The summed E-state index contributed by atoms with van der Waals surface area (Å²) in [6, 6.07) is 7.62. The Kier molecular flexibility index (Phi) is 5.01. The summed E-state index contributed by atoms with van der Waals surface area (Å²) in [5.41, 5.74) is 7.05. The molecule has 4 N–H and O–H groups in total. The van der Waals surface area contributed by atoms with E-state index in [0.29, 0.717) is 6.04 Å². The lowest BCUT2D eigenvalue weighted by atomic mass is 10.0. The molecule has 1 aromatic rings. The largest absolute Gasteiger partial charge is 0.351 e. The first-order valence-electron chi connectivity index (χ1n) is 7.44. The summed E-state index contributed by atoms with van der Waals surface area (Å²) in [5.74, 6) is 1.71. The van der Waals surface area contributed by atoms with E-state index in [4.69, 9.17) is 5.73 Å². The van der Waals surface area contributed by atoms with Gasteiger partial charge < -0.3 is 16.4 Å². The third-order valence-electron chi connectivity index (χ3n) is 4.19. The average molecular weight is 275 g/mol. The van der Waals surface area contributed by atoms with E-state index >= 15 is 0 Å².